The number of ether oxygens (including phenoxy) is 1. The van der Waals surface area contributed by atoms with Crippen LogP contribution in [0.3, 0.4) is 0 Å². The first-order chi connectivity index (χ1) is 9.98. The van der Waals surface area contributed by atoms with Gasteiger partial charge in [0.2, 0.25) is 0 Å². The molecule has 0 saturated carbocycles. The molecule has 1 aromatic rings. The molecule has 1 fully saturated rings. The van der Waals surface area contributed by atoms with Gasteiger partial charge in [-0.25, -0.2) is 4.79 Å². The second kappa shape index (κ2) is 6.87. The maximum atomic E-state index is 12.1. The van der Waals surface area contributed by atoms with Crippen LogP contribution in [0.25, 0.3) is 6.08 Å². The highest BCUT2D eigenvalue weighted by Gasteiger charge is 2.27. The number of aliphatic carboxylic acids is 1. The molecule has 6 heteroatoms. The van der Waals surface area contributed by atoms with Gasteiger partial charge in [-0.05, 0) is 30.4 Å². The zero-order chi connectivity index (χ0) is 15.3. The van der Waals surface area contributed by atoms with Crippen molar-refractivity contribution in [1.29, 1.82) is 0 Å². The Balaban J connectivity index is 1.90. The molecule has 1 saturated heterocycles. The molecular weight excluding hydrogens is 290 g/mol. The summed E-state index contributed by atoms with van der Waals surface area (Å²) in [5.74, 6) is -1.12. The van der Waals surface area contributed by atoms with Crippen LogP contribution in [-0.2, 0) is 9.53 Å². The Morgan fingerprint density at radius 2 is 2.19 bits per heavy atom. The molecule has 0 spiro atoms. The molecule has 0 aliphatic carbocycles. The van der Waals surface area contributed by atoms with Crippen LogP contribution in [-0.4, -0.2) is 36.7 Å². The van der Waals surface area contributed by atoms with Crippen molar-refractivity contribution in [2.45, 2.75) is 19.8 Å². The average molecular weight is 309 g/mol. The van der Waals surface area contributed by atoms with Crippen molar-refractivity contribution < 1.29 is 19.4 Å². The lowest BCUT2D eigenvalue weighted by atomic mass is 9.82. The summed E-state index contributed by atoms with van der Waals surface area (Å²) in [4.78, 5) is 23.3. The van der Waals surface area contributed by atoms with E-state index in [1.54, 1.807) is 11.4 Å². The van der Waals surface area contributed by atoms with Crippen LogP contribution in [0.1, 0.15) is 35.0 Å². The van der Waals surface area contributed by atoms with Crippen molar-refractivity contribution >= 4 is 29.3 Å². The van der Waals surface area contributed by atoms with Gasteiger partial charge in [-0.2, -0.15) is 0 Å². The number of nitrogens with one attached hydrogen (secondary N) is 1. The Morgan fingerprint density at radius 1 is 1.48 bits per heavy atom. The van der Waals surface area contributed by atoms with Crippen molar-refractivity contribution in [3.8, 4) is 0 Å². The average Bonchev–Trinajstić information content (AvgIpc) is 2.92. The van der Waals surface area contributed by atoms with Gasteiger partial charge in [-0.3, -0.25) is 4.79 Å². The quantitative estimate of drug-likeness (QED) is 0.819. The fraction of sp³-hybridized carbons (Fsp3) is 0.467. The van der Waals surface area contributed by atoms with Crippen molar-refractivity contribution in [2.75, 3.05) is 19.8 Å². The van der Waals surface area contributed by atoms with Crippen LogP contribution < -0.4 is 5.32 Å². The van der Waals surface area contributed by atoms with Gasteiger partial charge in [-0.1, -0.05) is 6.92 Å². The van der Waals surface area contributed by atoms with Gasteiger partial charge in [0.25, 0.3) is 5.91 Å². The van der Waals surface area contributed by atoms with E-state index >= 15 is 0 Å². The van der Waals surface area contributed by atoms with Crippen LogP contribution in [0.15, 0.2) is 17.5 Å². The number of hydrogen-bond acceptors (Lipinski definition) is 4. The highest BCUT2D eigenvalue weighted by molar-refractivity contribution is 7.11. The van der Waals surface area contributed by atoms with Crippen LogP contribution >= 0.6 is 11.3 Å². The number of rotatable bonds is 5. The van der Waals surface area contributed by atoms with E-state index < -0.39 is 5.97 Å². The minimum Gasteiger partial charge on any atom is -0.478 e. The molecule has 0 unspecified atom stereocenters. The van der Waals surface area contributed by atoms with Gasteiger partial charge in [0, 0.05) is 36.1 Å². The zero-order valence-corrected chi connectivity index (χ0v) is 12.7. The van der Waals surface area contributed by atoms with Gasteiger partial charge in [0.05, 0.1) is 5.56 Å². The molecule has 1 aliphatic heterocycles. The molecule has 2 N–H and O–H groups in total. The van der Waals surface area contributed by atoms with Crippen molar-refractivity contribution in [1.82, 2.24) is 5.32 Å². The van der Waals surface area contributed by atoms with Gasteiger partial charge in [0.15, 0.2) is 0 Å². The highest BCUT2D eigenvalue weighted by atomic mass is 32.1. The molecule has 2 heterocycles. The van der Waals surface area contributed by atoms with Gasteiger partial charge in [-0.15, -0.1) is 11.3 Å². The van der Waals surface area contributed by atoms with E-state index in [4.69, 9.17) is 9.84 Å². The number of carbonyl (C=O) groups is 2. The molecular formula is C15H19NO4S. The van der Waals surface area contributed by atoms with E-state index in [1.807, 2.05) is 0 Å². The second-order valence-electron chi connectivity index (χ2n) is 5.52. The van der Waals surface area contributed by atoms with E-state index in [9.17, 15) is 9.59 Å². The van der Waals surface area contributed by atoms with E-state index in [0.717, 1.165) is 37.0 Å². The molecule has 5 nitrogen and oxygen atoms in total. The Labute approximate surface area is 127 Å². The SMILES string of the molecule is CC1(CNC(=O)c2csc(/C=C/C(=O)O)c2)CCOCC1. The maximum Gasteiger partial charge on any atom is 0.328 e. The minimum absolute atomic E-state index is 0.0932. The van der Waals surface area contributed by atoms with Crippen molar-refractivity contribution in [3.63, 3.8) is 0 Å². The number of carboxylic acids is 1. The number of amides is 1. The third-order valence-corrected chi connectivity index (χ3v) is 4.55. The zero-order valence-electron chi connectivity index (χ0n) is 11.9. The molecule has 0 bridgehead atoms. The third-order valence-electron chi connectivity index (χ3n) is 3.65. The van der Waals surface area contributed by atoms with Crippen LogP contribution in [0.4, 0.5) is 0 Å². The first-order valence-electron chi connectivity index (χ1n) is 6.84. The Morgan fingerprint density at radius 3 is 2.86 bits per heavy atom. The Kier molecular flexibility index (Phi) is 5.14. The number of carbonyl (C=O) groups excluding carboxylic acids is 1. The molecule has 2 rings (SSSR count). The molecule has 0 radical (unpaired) electrons. The molecule has 0 aromatic carbocycles. The van der Waals surface area contributed by atoms with Crippen molar-refractivity contribution in [2.24, 2.45) is 5.41 Å². The van der Waals surface area contributed by atoms with E-state index in [2.05, 4.69) is 12.2 Å². The molecule has 1 aliphatic rings. The normalized spacial score (nSPS) is 17.8. The predicted molar refractivity (Wildman–Crippen MR) is 81.5 cm³/mol. The summed E-state index contributed by atoms with van der Waals surface area (Å²) in [6.07, 6.45) is 4.45. The number of hydrogen-bond donors (Lipinski definition) is 2. The fourth-order valence-corrected chi connectivity index (χ4v) is 2.93. The topological polar surface area (TPSA) is 75.6 Å². The van der Waals surface area contributed by atoms with Crippen molar-refractivity contribution in [3.05, 3.63) is 28.0 Å². The smallest absolute Gasteiger partial charge is 0.328 e. The van der Waals surface area contributed by atoms with Gasteiger partial charge in [0.1, 0.15) is 0 Å². The summed E-state index contributed by atoms with van der Waals surface area (Å²) in [7, 11) is 0. The standard InChI is InChI=1S/C15H19NO4S/c1-15(4-6-20-7-5-15)10-16-14(19)11-8-12(21-9-11)2-3-13(17)18/h2-3,8-9H,4-7,10H2,1H3,(H,16,19)(H,17,18)/b3-2+. The minimum atomic E-state index is -0.998. The number of carboxylic acid groups (broad SMARTS) is 1. The van der Waals surface area contributed by atoms with Crippen LogP contribution in [0, 0.1) is 5.41 Å². The largest absolute Gasteiger partial charge is 0.478 e. The first-order valence-corrected chi connectivity index (χ1v) is 7.72. The lowest BCUT2D eigenvalue weighted by Gasteiger charge is -2.33. The summed E-state index contributed by atoms with van der Waals surface area (Å²) in [6.45, 7) is 4.28. The molecule has 21 heavy (non-hydrogen) atoms. The Hall–Kier alpha value is -1.66. The second-order valence-corrected chi connectivity index (χ2v) is 6.46. The Bertz CT molecular complexity index is 544. The monoisotopic (exact) mass is 309 g/mol. The molecule has 0 atom stereocenters. The summed E-state index contributed by atoms with van der Waals surface area (Å²) in [5, 5.41) is 13.3. The highest BCUT2D eigenvalue weighted by Crippen LogP contribution is 2.28. The van der Waals surface area contributed by atoms with Crippen LogP contribution in [0.5, 0.6) is 0 Å². The molecule has 114 valence electrons. The predicted octanol–water partition coefficient (Wildman–Crippen LogP) is 2.39. The van der Waals surface area contributed by atoms with E-state index in [-0.39, 0.29) is 11.3 Å². The molecule has 1 amide bonds. The lowest BCUT2D eigenvalue weighted by molar-refractivity contribution is -0.131. The van der Waals surface area contributed by atoms with Gasteiger partial charge >= 0.3 is 5.97 Å². The summed E-state index contributed by atoms with van der Waals surface area (Å²) >= 11 is 1.35. The summed E-state index contributed by atoms with van der Waals surface area (Å²) in [6, 6.07) is 1.70. The maximum absolute atomic E-state index is 12.1. The fourth-order valence-electron chi connectivity index (χ4n) is 2.15. The van der Waals surface area contributed by atoms with E-state index in [0.29, 0.717) is 12.1 Å². The first kappa shape index (κ1) is 15.7. The summed E-state index contributed by atoms with van der Waals surface area (Å²) in [5.41, 5.74) is 0.663. The number of thiophene rings is 1. The summed E-state index contributed by atoms with van der Waals surface area (Å²) < 4.78 is 5.34. The van der Waals surface area contributed by atoms with E-state index in [1.165, 1.54) is 17.4 Å². The third kappa shape index (κ3) is 4.68. The van der Waals surface area contributed by atoms with Gasteiger partial charge < -0.3 is 15.2 Å². The lowest BCUT2D eigenvalue weighted by Crippen LogP contribution is -2.39. The molecule has 1 aromatic heterocycles. The van der Waals surface area contributed by atoms with Crippen LogP contribution in [0.2, 0.25) is 0 Å².